The summed E-state index contributed by atoms with van der Waals surface area (Å²) < 4.78 is 7.12. The van der Waals surface area contributed by atoms with E-state index in [1.165, 1.54) is 6.42 Å². The molecule has 7 nitrogen and oxygen atoms in total. The number of nitrogens with one attached hydrogen (secondary N) is 1. The van der Waals surface area contributed by atoms with Gasteiger partial charge in [-0.1, -0.05) is 13.3 Å². The molecule has 1 saturated carbocycles. The van der Waals surface area contributed by atoms with Crippen molar-refractivity contribution in [2.75, 3.05) is 13.7 Å². The molecule has 0 bridgehead atoms. The smallest absolute Gasteiger partial charge is 0.249 e. The summed E-state index contributed by atoms with van der Waals surface area (Å²) in [6, 6.07) is 2.00. The lowest BCUT2D eigenvalue weighted by Gasteiger charge is -2.30. The van der Waals surface area contributed by atoms with Gasteiger partial charge in [-0.15, -0.1) is 0 Å². The zero-order valence-electron chi connectivity index (χ0n) is 15.2. The Bertz CT molecular complexity index is 620. The van der Waals surface area contributed by atoms with Gasteiger partial charge in [-0.3, -0.25) is 14.3 Å². The normalized spacial score (nSPS) is 18.9. The van der Waals surface area contributed by atoms with Crippen molar-refractivity contribution in [2.45, 2.75) is 64.8 Å². The van der Waals surface area contributed by atoms with E-state index in [1.54, 1.807) is 7.11 Å². The largest absolute Gasteiger partial charge is 0.372 e. The third-order valence-corrected chi connectivity index (χ3v) is 5.22. The van der Waals surface area contributed by atoms with Gasteiger partial charge in [0.25, 0.3) is 0 Å². The second kappa shape index (κ2) is 7.99. The average Bonchev–Trinajstić information content (AvgIpc) is 2.82. The minimum absolute atomic E-state index is 0.116. The summed E-state index contributed by atoms with van der Waals surface area (Å²) in [5.74, 6) is 0.407. The van der Waals surface area contributed by atoms with Crippen LogP contribution in [0.15, 0.2) is 6.07 Å². The third-order valence-electron chi connectivity index (χ3n) is 5.22. The van der Waals surface area contributed by atoms with Crippen LogP contribution in [0.4, 0.5) is 0 Å². The predicted octanol–water partition coefficient (Wildman–Crippen LogP) is 1.46. The number of nitrogens with zero attached hydrogens (tertiary/aromatic N) is 3. The molecule has 25 heavy (non-hydrogen) atoms. The molecule has 2 amide bonds. The molecule has 1 aromatic heterocycles. The zero-order valence-corrected chi connectivity index (χ0v) is 15.2. The fraction of sp³-hybridized carbons (Fsp3) is 0.722. The number of aromatic nitrogens is 2. The first kappa shape index (κ1) is 17.9. The van der Waals surface area contributed by atoms with Crippen LogP contribution in [-0.2, 0) is 34.0 Å². The third kappa shape index (κ3) is 4.03. The van der Waals surface area contributed by atoms with Gasteiger partial charge in [-0.2, -0.15) is 5.10 Å². The number of carbonyl (C=O) groups is 2. The van der Waals surface area contributed by atoms with E-state index in [-0.39, 0.29) is 11.8 Å². The molecule has 0 saturated heterocycles. The summed E-state index contributed by atoms with van der Waals surface area (Å²) in [6.45, 7) is 4.53. The van der Waals surface area contributed by atoms with Crippen molar-refractivity contribution in [2.24, 2.45) is 5.92 Å². The van der Waals surface area contributed by atoms with E-state index in [2.05, 4.69) is 10.4 Å². The molecule has 0 unspecified atom stereocenters. The van der Waals surface area contributed by atoms with Crippen LogP contribution in [0.3, 0.4) is 0 Å². The Morgan fingerprint density at radius 2 is 2.16 bits per heavy atom. The zero-order chi connectivity index (χ0) is 17.8. The van der Waals surface area contributed by atoms with Crippen molar-refractivity contribution in [3.8, 4) is 0 Å². The monoisotopic (exact) mass is 348 g/mol. The summed E-state index contributed by atoms with van der Waals surface area (Å²) in [4.78, 5) is 26.5. The van der Waals surface area contributed by atoms with E-state index in [9.17, 15) is 9.59 Å². The lowest BCUT2D eigenvalue weighted by molar-refractivity contribution is -0.138. The van der Waals surface area contributed by atoms with Gasteiger partial charge >= 0.3 is 0 Å². The highest BCUT2D eigenvalue weighted by molar-refractivity contribution is 5.80. The predicted molar refractivity (Wildman–Crippen MR) is 92.5 cm³/mol. The highest BCUT2D eigenvalue weighted by atomic mass is 16.5. The second-order valence-electron chi connectivity index (χ2n) is 6.94. The maximum Gasteiger partial charge on any atom is 0.249 e. The number of hydrogen-bond donors (Lipinski definition) is 1. The Balaban J connectivity index is 1.61. The topological polar surface area (TPSA) is 76.5 Å². The molecule has 7 heteroatoms. The Labute approximate surface area is 148 Å². The minimum Gasteiger partial charge on any atom is -0.372 e. The SMILES string of the molecule is CC[C@@H](OC)C(=O)NCc1cc2n(n1)CCCN(C(=O)C1CCC1)C2. The molecule has 1 atom stereocenters. The van der Waals surface area contributed by atoms with E-state index >= 15 is 0 Å². The molecule has 138 valence electrons. The Morgan fingerprint density at radius 3 is 2.80 bits per heavy atom. The van der Waals surface area contributed by atoms with Gasteiger partial charge in [0, 0.05) is 26.1 Å². The molecule has 1 aromatic rings. The summed E-state index contributed by atoms with van der Waals surface area (Å²) in [5, 5.41) is 7.47. The summed E-state index contributed by atoms with van der Waals surface area (Å²) >= 11 is 0. The number of carbonyl (C=O) groups excluding carboxylic acids is 2. The van der Waals surface area contributed by atoms with Gasteiger partial charge in [-0.05, 0) is 31.7 Å². The van der Waals surface area contributed by atoms with E-state index < -0.39 is 6.10 Å². The number of fused-ring (bicyclic) bond motifs is 1. The number of amides is 2. The fourth-order valence-corrected chi connectivity index (χ4v) is 3.46. The van der Waals surface area contributed by atoms with Crippen LogP contribution in [0.1, 0.15) is 50.4 Å². The standard InChI is InChI=1S/C18H28N4O3/c1-3-16(25-2)17(23)19-11-14-10-15-12-21(8-5-9-22(15)20-14)18(24)13-6-4-7-13/h10,13,16H,3-9,11-12H2,1-2H3,(H,19,23)/t16-/m1/s1. The van der Waals surface area contributed by atoms with Crippen LogP contribution in [0.2, 0.25) is 0 Å². The highest BCUT2D eigenvalue weighted by Gasteiger charge is 2.30. The molecule has 0 radical (unpaired) electrons. The van der Waals surface area contributed by atoms with Gasteiger partial charge < -0.3 is 15.0 Å². The Morgan fingerprint density at radius 1 is 1.36 bits per heavy atom. The quantitative estimate of drug-likeness (QED) is 0.844. The van der Waals surface area contributed by atoms with Crippen LogP contribution >= 0.6 is 0 Å². The summed E-state index contributed by atoms with van der Waals surface area (Å²) in [6.07, 6.45) is 4.37. The van der Waals surface area contributed by atoms with Crippen molar-refractivity contribution >= 4 is 11.8 Å². The van der Waals surface area contributed by atoms with Crippen molar-refractivity contribution in [1.29, 1.82) is 0 Å². The van der Waals surface area contributed by atoms with Gasteiger partial charge in [0.1, 0.15) is 6.10 Å². The molecule has 2 heterocycles. The second-order valence-corrected chi connectivity index (χ2v) is 6.94. The Kier molecular flexibility index (Phi) is 5.73. The van der Waals surface area contributed by atoms with Crippen molar-refractivity contribution in [3.63, 3.8) is 0 Å². The maximum absolute atomic E-state index is 12.5. The molecule has 1 N–H and O–H groups in total. The number of methoxy groups -OCH3 is 1. The molecule has 1 fully saturated rings. The summed E-state index contributed by atoms with van der Waals surface area (Å²) in [5.41, 5.74) is 1.88. The number of aryl methyl sites for hydroxylation is 1. The van der Waals surface area contributed by atoms with Crippen molar-refractivity contribution in [1.82, 2.24) is 20.0 Å². The van der Waals surface area contributed by atoms with Crippen LogP contribution in [-0.4, -0.2) is 46.3 Å². The molecular weight excluding hydrogens is 320 g/mol. The van der Waals surface area contributed by atoms with Gasteiger partial charge in [-0.25, -0.2) is 0 Å². The lowest BCUT2D eigenvalue weighted by Crippen LogP contribution is -2.38. The number of hydrogen-bond acceptors (Lipinski definition) is 4. The molecular formula is C18H28N4O3. The first-order chi connectivity index (χ1) is 12.1. The van der Waals surface area contributed by atoms with E-state index in [0.29, 0.717) is 25.4 Å². The Hall–Kier alpha value is -1.89. The number of rotatable bonds is 6. The highest BCUT2D eigenvalue weighted by Crippen LogP contribution is 2.29. The van der Waals surface area contributed by atoms with Crippen LogP contribution < -0.4 is 5.32 Å². The van der Waals surface area contributed by atoms with Crippen molar-refractivity contribution < 1.29 is 14.3 Å². The minimum atomic E-state index is -0.420. The van der Waals surface area contributed by atoms with E-state index in [0.717, 1.165) is 43.7 Å². The van der Waals surface area contributed by atoms with Gasteiger partial charge in [0.15, 0.2) is 0 Å². The van der Waals surface area contributed by atoms with Crippen LogP contribution in [0, 0.1) is 5.92 Å². The lowest BCUT2D eigenvalue weighted by atomic mass is 9.84. The fourth-order valence-electron chi connectivity index (χ4n) is 3.46. The molecule has 0 aromatic carbocycles. The maximum atomic E-state index is 12.5. The molecule has 1 aliphatic heterocycles. The molecule has 2 aliphatic rings. The van der Waals surface area contributed by atoms with Crippen LogP contribution in [0.5, 0.6) is 0 Å². The van der Waals surface area contributed by atoms with Gasteiger partial charge in [0.05, 0.1) is 24.5 Å². The average molecular weight is 348 g/mol. The molecule has 3 rings (SSSR count). The van der Waals surface area contributed by atoms with Crippen LogP contribution in [0.25, 0.3) is 0 Å². The first-order valence-electron chi connectivity index (χ1n) is 9.27. The summed E-state index contributed by atoms with van der Waals surface area (Å²) in [7, 11) is 1.54. The number of ether oxygens (including phenoxy) is 1. The first-order valence-corrected chi connectivity index (χ1v) is 9.27. The molecule has 0 spiro atoms. The van der Waals surface area contributed by atoms with E-state index in [1.807, 2.05) is 22.6 Å². The van der Waals surface area contributed by atoms with E-state index in [4.69, 9.17) is 4.74 Å². The van der Waals surface area contributed by atoms with Gasteiger partial charge in [0.2, 0.25) is 11.8 Å². The molecule has 1 aliphatic carbocycles. The van der Waals surface area contributed by atoms with Crippen molar-refractivity contribution in [3.05, 3.63) is 17.5 Å².